The fraction of sp³-hybridized carbons (Fsp3) is 0.200. The van der Waals surface area contributed by atoms with E-state index in [1.165, 1.54) is 49.6 Å². The van der Waals surface area contributed by atoms with Crippen molar-refractivity contribution >= 4 is 33.3 Å². The molecule has 3 aromatic rings. The minimum Gasteiger partial charge on any atom is -0.497 e. The molecule has 0 saturated carbocycles. The minimum atomic E-state index is -4.33. The summed E-state index contributed by atoms with van der Waals surface area (Å²) in [6.07, 6.45) is 0. The van der Waals surface area contributed by atoms with E-state index in [0.29, 0.717) is 21.3 Å². The number of nitrogens with one attached hydrogen (secondary N) is 1. The van der Waals surface area contributed by atoms with Gasteiger partial charge in [-0.15, -0.1) is 0 Å². The van der Waals surface area contributed by atoms with E-state index in [0.717, 1.165) is 6.07 Å². The molecule has 184 valence electrons. The van der Waals surface area contributed by atoms with E-state index in [4.69, 9.17) is 9.47 Å². The molecule has 3 aromatic carbocycles. The average Bonchev–Trinajstić information content (AvgIpc) is 2.84. The first kappa shape index (κ1) is 25.7. The first-order valence-corrected chi connectivity index (χ1v) is 12.1. The zero-order chi connectivity index (χ0) is 25.6. The molecule has 1 amide bonds. The molecule has 3 rings (SSSR count). The molecule has 10 heteroatoms. The summed E-state index contributed by atoms with van der Waals surface area (Å²) >= 11 is 0. The predicted molar refractivity (Wildman–Crippen MR) is 130 cm³/mol. The van der Waals surface area contributed by atoms with Gasteiger partial charge in [0.1, 0.15) is 18.1 Å². The molecule has 0 saturated heterocycles. The number of methoxy groups -OCH3 is 1. The smallest absolute Gasteiger partial charge is 0.338 e. The summed E-state index contributed by atoms with van der Waals surface area (Å²) in [7, 11) is -2.88. The van der Waals surface area contributed by atoms with Crippen molar-refractivity contribution in [3.05, 3.63) is 83.7 Å². The molecule has 0 atom stereocenters. The molecule has 0 heterocycles. The summed E-state index contributed by atoms with van der Waals surface area (Å²) in [6, 6.07) is 15.5. The molecule has 35 heavy (non-hydrogen) atoms. The molecule has 0 fully saturated rings. The average molecular weight is 501 g/mol. The van der Waals surface area contributed by atoms with Crippen molar-refractivity contribution in [3.63, 3.8) is 0 Å². The van der Waals surface area contributed by atoms with E-state index in [2.05, 4.69) is 5.32 Å². The lowest BCUT2D eigenvalue weighted by molar-refractivity contribution is -0.114. The first-order chi connectivity index (χ1) is 16.7. The molecule has 0 aliphatic carbocycles. The van der Waals surface area contributed by atoms with Crippen LogP contribution in [0.2, 0.25) is 0 Å². The summed E-state index contributed by atoms with van der Waals surface area (Å²) in [5.74, 6) is -1.64. The van der Waals surface area contributed by atoms with Gasteiger partial charge in [0, 0.05) is 5.69 Å². The van der Waals surface area contributed by atoms with Crippen molar-refractivity contribution in [2.45, 2.75) is 18.7 Å². The van der Waals surface area contributed by atoms with Crippen LogP contribution in [0.1, 0.15) is 22.8 Å². The number of para-hydroxylation sites is 1. The monoisotopic (exact) mass is 500 g/mol. The number of ether oxygens (including phenoxy) is 2. The lowest BCUT2D eigenvalue weighted by atomic mass is 10.1. The summed E-state index contributed by atoms with van der Waals surface area (Å²) < 4.78 is 52.3. The number of benzene rings is 3. The highest BCUT2D eigenvalue weighted by molar-refractivity contribution is 7.92. The topological polar surface area (TPSA) is 102 Å². The lowest BCUT2D eigenvalue weighted by Crippen LogP contribution is -2.38. The Kier molecular flexibility index (Phi) is 8.08. The molecule has 1 N–H and O–H groups in total. The number of amides is 1. The van der Waals surface area contributed by atoms with Crippen molar-refractivity contribution in [1.82, 2.24) is 0 Å². The van der Waals surface area contributed by atoms with Crippen LogP contribution >= 0.6 is 0 Å². The standard InChI is InChI=1S/C25H25FN2O6S/c1-4-34-25(30)20-8-7-10-22(17(20)2)27-24(29)16-28(23-11-6-5-9-21(23)26)35(31,32)19-14-12-18(33-3)13-15-19/h5-15H,4,16H2,1-3H3,(H,27,29). The summed E-state index contributed by atoms with van der Waals surface area (Å²) in [5, 5.41) is 2.61. The Balaban J connectivity index is 1.94. The highest BCUT2D eigenvalue weighted by atomic mass is 32.2. The van der Waals surface area contributed by atoms with Crippen LogP contribution in [0.3, 0.4) is 0 Å². The summed E-state index contributed by atoms with van der Waals surface area (Å²) in [5.41, 5.74) is 0.738. The highest BCUT2D eigenvalue weighted by Crippen LogP contribution is 2.28. The molecule has 0 aromatic heterocycles. The fourth-order valence-electron chi connectivity index (χ4n) is 3.35. The quantitative estimate of drug-likeness (QED) is 0.443. The maximum Gasteiger partial charge on any atom is 0.338 e. The van der Waals surface area contributed by atoms with E-state index >= 15 is 0 Å². The normalized spacial score (nSPS) is 11.0. The third kappa shape index (κ3) is 5.78. The third-order valence-electron chi connectivity index (χ3n) is 5.16. The second-order valence-corrected chi connectivity index (χ2v) is 9.25. The number of hydrogen-bond donors (Lipinski definition) is 1. The molecular formula is C25H25FN2O6S. The Labute approximate surface area is 203 Å². The fourth-order valence-corrected chi connectivity index (χ4v) is 4.78. The van der Waals surface area contributed by atoms with Gasteiger partial charge in [-0.1, -0.05) is 18.2 Å². The number of carbonyl (C=O) groups is 2. The number of halogens is 1. The molecule has 0 spiro atoms. The molecule has 0 unspecified atom stereocenters. The van der Waals surface area contributed by atoms with Gasteiger partial charge in [-0.25, -0.2) is 17.6 Å². The van der Waals surface area contributed by atoms with Gasteiger partial charge in [0.05, 0.1) is 29.9 Å². The van der Waals surface area contributed by atoms with Crippen molar-refractivity contribution in [2.75, 3.05) is 29.9 Å². The Morgan fingerprint density at radius 1 is 1.00 bits per heavy atom. The number of sulfonamides is 1. The van der Waals surface area contributed by atoms with Gasteiger partial charge in [0.2, 0.25) is 5.91 Å². The van der Waals surface area contributed by atoms with Gasteiger partial charge in [-0.2, -0.15) is 0 Å². The SMILES string of the molecule is CCOC(=O)c1cccc(NC(=O)CN(c2ccccc2F)S(=O)(=O)c2ccc(OC)cc2)c1C. The van der Waals surface area contributed by atoms with Crippen LogP contribution in [-0.4, -0.2) is 40.6 Å². The number of rotatable bonds is 9. The third-order valence-corrected chi connectivity index (χ3v) is 6.93. The largest absolute Gasteiger partial charge is 0.497 e. The Morgan fingerprint density at radius 3 is 2.31 bits per heavy atom. The minimum absolute atomic E-state index is 0.144. The molecule has 0 aliphatic heterocycles. The lowest BCUT2D eigenvalue weighted by Gasteiger charge is -2.24. The predicted octanol–water partition coefficient (Wildman–Crippen LogP) is 4.15. The van der Waals surface area contributed by atoms with Crippen molar-refractivity contribution < 1.29 is 31.9 Å². The van der Waals surface area contributed by atoms with Crippen molar-refractivity contribution in [3.8, 4) is 5.75 Å². The summed E-state index contributed by atoms with van der Waals surface area (Å²) in [4.78, 5) is 25.0. The van der Waals surface area contributed by atoms with Gasteiger partial charge in [0.25, 0.3) is 10.0 Å². The number of anilines is 2. The second-order valence-electron chi connectivity index (χ2n) is 7.39. The Hall–Kier alpha value is -3.92. The van der Waals surface area contributed by atoms with E-state index in [1.54, 1.807) is 32.0 Å². The van der Waals surface area contributed by atoms with Crippen molar-refractivity contribution in [2.24, 2.45) is 0 Å². The van der Waals surface area contributed by atoms with Crippen LogP contribution in [0.4, 0.5) is 15.8 Å². The van der Waals surface area contributed by atoms with Crippen LogP contribution < -0.4 is 14.4 Å². The van der Waals surface area contributed by atoms with E-state index in [1.807, 2.05) is 0 Å². The number of hydrogen-bond acceptors (Lipinski definition) is 6. The molecule has 0 bridgehead atoms. The Bertz CT molecular complexity index is 1330. The molecule has 8 nitrogen and oxygen atoms in total. The zero-order valence-corrected chi connectivity index (χ0v) is 20.3. The van der Waals surface area contributed by atoms with Crippen LogP contribution in [-0.2, 0) is 19.6 Å². The maximum absolute atomic E-state index is 14.7. The van der Waals surface area contributed by atoms with Crippen LogP contribution in [0.15, 0.2) is 71.6 Å². The van der Waals surface area contributed by atoms with Gasteiger partial charge < -0.3 is 14.8 Å². The van der Waals surface area contributed by atoms with Crippen LogP contribution in [0.5, 0.6) is 5.75 Å². The van der Waals surface area contributed by atoms with E-state index in [9.17, 15) is 22.4 Å². The molecular weight excluding hydrogens is 475 g/mol. The van der Waals surface area contributed by atoms with Crippen molar-refractivity contribution in [1.29, 1.82) is 0 Å². The van der Waals surface area contributed by atoms with Gasteiger partial charge in [-0.3, -0.25) is 9.10 Å². The number of carbonyl (C=O) groups excluding carboxylic acids is 2. The molecule has 0 radical (unpaired) electrons. The van der Waals surface area contributed by atoms with Gasteiger partial charge >= 0.3 is 5.97 Å². The van der Waals surface area contributed by atoms with Crippen LogP contribution in [0.25, 0.3) is 0 Å². The second kappa shape index (κ2) is 11.0. The van der Waals surface area contributed by atoms with E-state index in [-0.39, 0.29) is 22.8 Å². The maximum atomic E-state index is 14.7. The van der Waals surface area contributed by atoms with E-state index < -0.39 is 34.3 Å². The zero-order valence-electron chi connectivity index (χ0n) is 19.4. The Morgan fingerprint density at radius 2 is 1.69 bits per heavy atom. The number of nitrogens with zero attached hydrogens (tertiary/aromatic N) is 1. The summed E-state index contributed by atoms with van der Waals surface area (Å²) in [6.45, 7) is 2.79. The highest BCUT2D eigenvalue weighted by Gasteiger charge is 2.29. The first-order valence-electron chi connectivity index (χ1n) is 10.7. The number of esters is 1. The van der Waals surface area contributed by atoms with Gasteiger partial charge in [0.15, 0.2) is 0 Å². The van der Waals surface area contributed by atoms with Gasteiger partial charge in [-0.05, 0) is 67.9 Å². The molecule has 0 aliphatic rings. The van der Waals surface area contributed by atoms with Crippen LogP contribution in [0, 0.1) is 12.7 Å².